The Hall–Kier alpha value is -4.02. The summed E-state index contributed by atoms with van der Waals surface area (Å²) in [6.45, 7) is -3.22. The smallest absolute Gasteiger partial charge is 0.387 e. The van der Waals surface area contributed by atoms with Crippen LogP contribution < -0.4 is 14.2 Å². The maximum absolute atomic E-state index is 12.5. The molecule has 9 nitrogen and oxygen atoms in total. The van der Waals surface area contributed by atoms with E-state index in [1.165, 1.54) is 32.4 Å². The third-order valence-electron chi connectivity index (χ3n) is 4.05. The van der Waals surface area contributed by atoms with Gasteiger partial charge in [0, 0.05) is 11.1 Å². The molecule has 164 valence electrons. The number of benzene rings is 2. The summed E-state index contributed by atoms with van der Waals surface area (Å²) in [5, 5.41) is 20.3. The fourth-order valence-corrected chi connectivity index (χ4v) is 2.70. The maximum Gasteiger partial charge on any atom is 0.387 e. The largest absolute Gasteiger partial charge is 0.496 e. The molecule has 0 amide bonds. The first-order valence-electron chi connectivity index (χ1n) is 8.58. The molecule has 0 aliphatic heterocycles. The average Bonchev–Trinajstić information content (AvgIpc) is 2.71. The molecule has 0 saturated heterocycles. The van der Waals surface area contributed by atoms with Crippen molar-refractivity contribution in [1.82, 2.24) is 0 Å². The number of carboxylic acids is 1. The summed E-state index contributed by atoms with van der Waals surface area (Å²) in [6.07, 6.45) is 1.78. The minimum absolute atomic E-state index is 0.0870. The molecule has 11 heteroatoms. The van der Waals surface area contributed by atoms with Crippen LogP contribution in [-0.4, -0.2) is 42.6 Å². The number of halogens is 2. The van der Waals surface area contributed by atoms with Gasteiger partial charge >= 0.3 is 12.6 Å². The number of carbonyl (C=O) groups is 2. The summed E-state index contributed by atoms with van der Waals surface area (Å²) in [4.78, 5) is 34.0. The lowest BCUT2D eigenvalue weighted by molar-refractivity contribution is -0.385. The number of rotatable bonds is 10. The number of aliphatic carboxylic acids is 1. The van der Waals surface area contributed by atoms with Crippen molar-refractivity contribution in [2.24, 2.45) is 0 Å². The van der Waals surface area contributed by atoms with Crippen LogP contribution >= 0.6 is 0 Å². The lowest BCUT2D eigenvalue weighted by Crippen LogP contribution is -2.05. The second kappa shape index (κ2) is 10.1. The summed E-state index contributed by atoms with van der Waals surface area (Å²) in [6, 6.07) is 6.04. The molecular formula is C20H17F2NO8. The van der Waals surface area contributed by atoms with E-state index in [1.54, 1.807) is 0 Å². The van der Waals surface area contributed by atoms with E-state index >= 15 is 0 Å². The summed E-state index contributed by atoms with van der Waals surface area (Å²) < 4.78 is 39.3. The molecular weight excluding hydrogens is 420 g/mol. The van der Waals surface area contributed by atoms with Crippen LogP contribution in [0, 0.1) is 10.1 Å². The lowest BCUT2D eigenvalue weighted by Gasteiger charge is -2.11. The Kier molecular flexibility index (Phi) is 7.61. The second-order valence-electron chi connectivity index (χ2n) is 5.99. The lowest BCUT2D eigenvalue weighted by atomic mass is 10.0. The Bertz CT molecular complexity index is 1040. The predicted molar refractivity (Wildman–Crippen MR) is 104 cm³/mol. The Labute approximate surface area is 174 Å². The SMILES string of the molecule is COc1ccc(C(=O)C=Cc2cc(OC)c(OC(F)F)cc2[N+](=O)[O-])cc1CC(=O)O. The maximum atomic E-state index is 12.5. The van der Waals surface area contributed by atoms with Gasteiger partial charge in [0.1, 0.15) is 5.75 Å². The zero-order chi connectivity index (χ0) is 23.1. The molecule has 0 bridgehead atoms. The van der Waals surface area contributed by atoms with Gasteiger partial charge in [-0.3, -0.25) is 19.7 Å². The number of carboxylic acid groups (broad SMARTS) is 1. The number of nitro groups is 1. The molecule has 0 aliphatic carbocycles. The zero-order valence-electron chi connectivity index (χ0n) is 16.3. The highest BCUT2D eigenvalue weighted by Crippen LogP contribution is 2.36. The van der Waals surface area contributed by atoms with Crippen molar-refractivity contribution in [2.75, 3.05) is 14.2 Å². The van der Waals surface area contributed by atoms with Gasteiger partial charge in [-0.1, -0.05) is 0 Å². The quantitative estimate of drug-likeness (QED) is 0.258. The average molecular weight is 437 g/mol. The number of allylic oxidation sites excluding steroid dienone is 1. The van der Waals surface area contributed by atoms with Crippen molar-refractivity contribution in [1.29, 1.82) is 0 Å². The van der Waals surface area contributed by atoms with Gasteiger partial charge < -0.3 is 19.3 Å². The topological polar surface area (TPSA) is 125 Å². The number of methoxy groups -OCH3 is 2. The van der Waals surface area contributed by atoms with Crippen LogP contribution in [0.5, 0.6) is 17.2 Å². The van der Waals surface area contributed by atoms with Crippen molar-refractivity contribution >= 4 is 23.5 Å². The van der Waals surface area contributed by atoms with Gasteiger partial charge in [0.2, 0.25) is 0 Å². The monoisotopic (exact) mass is 437 g/mol. The summed E-state index contributed by atoms with van der Waals surface area (Å²) in [7, 11) is 2.52. The van der Waals surface area contributed by atoms with E-state index in [2.05, 4.69) is 4.74 Å². The Morgan fingerprint density at radius 3 is 2.35 bits per heavy atom. The van der Waals surface area contributed by atoms with Gasteiger partial charge in [-0.25, -0.2) is 0 Å². The number of ether oxygens (including phenoxy) is 3. The van der Waals surface area contributed by atoms with E-state index in [9.17, 15) is 28.5 Å². The van der Waals surface area contributed by atoms with Crippen LogP contribution in [0.2, 0.25) is 0 Å². The van der Waals surface area contributed by atoms with Crippen LogP contribution in [0.1, 0.15) is 21.5 Å². The Morgan fingerprint density at radius 2 is 1.81 bits per heavy atom. The minimum atomic E-state index is -3.22. The van der Waals surface area contributed by atoms with Crippen LogP contribution in [0.15, 0.2) is 36.4 Å². The van der Waals surface area contributed by atoms with Crippen LogP contribution in [-0.2, 0) is 11.2 Å². The third kappa shape index (κ3) is 5.98. The molecule has 0 aliphatic rings. The first-order valence-corrected chi connectivity index (χ1v) is 8.58. The van der Waals surface area contributed by atoms with Gasteiger partial charge in [0.15, 0.2) is 17.3 Å². The summed E-state index contributed by atoms with van der Waals surface area (Å²) >= 11 is 0. The van der Waals surface area contributed by atoms with Gasteiger partial charge in [0.05, 0.1) is 37.2 Å². The van der Waals surface area contributed by atoms with Crippen molar-refractivity contribution in [3.63, 3.8) is 0 Å². The third-order valence-corrected chi connectivity index (χ3v) is 4.05. The van der Waals surface area contributed by atoms with E-state index in [4.69, 9.17) is 14.6 Å². The predicted octanol–water partition coefficient (Wildman–Crippen LogP) is 3.74. The van der Waals surface area contributed by atoms with Crippen molar-refractivity contribution in [3.05, 3.63) is 63.2 Å². The summed E-state index contributed by atoms with van der Waals surface area (Å²) in [5.74, 6) is -2.12. The molecule has 0 fully saturated rings. The van der Waals surface area contributed by atoms with E-state index in [1.807, 2.05) is 0 Å². The summed E-state index contributed by atoms with van der Waals surface area (Å²) in [5.41, 5.74) is -0.270. The highest BCUT2D eigenvalue weighted by Gasteiger charge is 2.21. The van der Waals surface area contributed by atoms with E-state index in [0.29, 0.717) is 0 Å². The van der Waals surface area contributed by atoms with Gasteiger partial charge in [-0.15, -0.1) is 0 Å². The molecule has 31 heavy (non-hydrogen) atoms. The van der Waals surface area contributed by atoms with Crippen molar-refractivity contribution in [3.8, 4) is 17.2 Å². The normalized spacial score (nSPS) is 10.9. The molecule has 0 radical (unpaired) electrons. The van der Waals surface area contributed by atoms with E-state index in [-0.39, 0.29) is 34.6 Å². The highest BCUT2D eigenvalue weighted by atomic mass is 19.3. The van der Waals surface area contributed by atoms with Gasteiger partial charge in [-0.2, -0.15) is 8.78 Å². The fourth-order valence-electron chi connectivity index (χ4n) is 2.70. The van der Waals surface area contributed by atoms with Crippen LogP contribution in [0.4, 0.5) is 14.5 Å². The first-order chi connectivity index (χ1) is 14.7. The molecule has 2 rings (SSSR count). The Balaban J connectivity index is 2.41. The van der Waals surface area contributed by atoms with Gasteiger partial charge in [-0.05, 0) is 36.4 Å². The van der Waals surface area contributed by atoms with Crippen LogP contribution in [0.25, 0.3) is 6.08 Å². The molecule has 0 aromatic heterocycles. The molecule has 2 aromatic carbocycles. The van der Waals surface area contributed by atoms with E-state index < -0.39 is 34.7 Å². The molecule has 1 N–H and O–H groups in total. The second-order valence-corrected chi connectivity index (χ2v) is 5.99. The molecule has 2 aromatic rings. The number of nitrogens with zero attached hydrogens (tertiary/aromatic N) is 1. The molecule has 0 unspecified atom stereocenters. The highest BCUT2D eigenvalue weighted by molar-refractivity contribution is 6.07. The van der Waals surface area contributed by atoms with E-state index in [0.717, 1.165) is 24.3 Å². The molecule has 0 heterocycles. The van der Waals surface area contributed by atoms with Crippen molar-refractivity contribution in [2.45, 2.75) is 13.0 Å². The fraction of sp³-hybridized carbons (Fsp3) is 0.200. The standard InChI is InChI=1S/C20H17F2NO8/c1-29-16-6-4-12(7-13(16)9-19(25)26)15(24)5-3-11-8-17(30-2)18(31-20(21)22)10-14(11)23(27)28/h3-8,10,20H,9H2,1-2H3,(H,25,26). The first kappa shape index (κ1) is 23.3. The minimum Gasteiger partial charge on any atom is -0.496 e. The number of hydrogen-bond donors (Lipinski definition) is 1. The van der Waals surface area contributed by atoms with Crippen molar-refractivity contribution < 1.29 is 42.6 Å². The zero-order valence-corrected chi connectivity index (χ0v) is 16.3. The molecule has 0 atom stereocenters. The number of ketones is 1. The van der Waals surface area contributed by atoms with Gasteiger partial charge in [0.25, 0.3) is 5.69 Å². The van der Waals surface area contributed by atoms with Crippen LogP contribution in [0.3, 0.4) is 0 Å². The molecule has 0 spiro atoms. The number of hydrogen-bond acceptors (Lipinski definition) is 7. The number of carbonyl (C=O) groups excluding carboxylic acids is 1. The Morgan fingerprint density at radius 1 is 1.13 bits per heavy atom. The number of alkyl halides is 2. The molecule has 0 saturated carbocycles. The number of nitro benzene ring substituents is 1.